The van der Waals surface area contributed by atoms with E-state index in [1.54, 1.807) is 0 Å². The molecule has 2 heterocycles. The molecule has 0 aliphatic carbocycles. The first-order chi connectivity index (χ1) is 11.6. The highest BCUT2D eigenvalue weighted by Crippen LogP contribution is 2.22. The van der Waals surface area contributed by atoms with E-state index < -0.39 is 5.97 Å². The third kappa shape index (κ3) is 3.39. The summed E-state index contributed by atoms with van der Waals surface area (Å²) in [4.78, 5) is 26.2. The number of benzene rings is 1. The lowest BCUT2D eigenvalue weighted by atomic mass is 9.97. The van der Waals surface area contributed by atoms with Gasteiger partial charge in [-0.1, -0.05) is 17.3 Å². The number of hydrogen-bond acceptors (Lipinski definition) is 5. The molecule has 128 valence electrons. The largest absolute Gasteiger partial charge is 0.454 e. The second-order valence-electron chi connectivity index (χ2n) is 6.33. The van der Waals surface area contributed by atoms with E-state index >= 15 is 0 Å². The number of para-hydroxylation sites is 1. The summed E-state index contributed by atoms with van der Waals surface area (Å²) in [5.74, 6) is -0.622. The standard InChI is InChI=1S/C17H22N4O3/c1-12-6-5-7-13(2)21(12)16(22)11-24-17(23)10-20-15-9-4-3-8-14(15)18-19-20/h3-4,8-9,12-13H,5-7,10-11H2,1-2H3. The fraction of sp³-hybridized carbons (Fsp3) is 0.529. The van der Waals surface area contributed by atoms with Crippen molar-refractivity contribution in [2.75, 3.05) is 6.61 Å². The van der Waals surface area contributed by atoms with Gasteiger partial charge in [-0.2, -0.15) is 0 Å². The van der Waals surface area contributed by atoms with E-state index in [1.165, 1.54) is 4.68 Å². The molecule has 2 aromatic rings. The van der Waals surface area contributed by atoms with E-state index in [9.17, 15) is 9.59 Å². The molecule has 1 aromatic carbocycles. The number of likely N-dealkylation sites (tertiary alicyclic amines) is 1. The SMILES string of the molecule is CC1CCCC(C)N1C(=O)COC(=O)Cn1nnc2ccccc21. The van der Waals surface area contributed by atoms with Gasteiger partial charge in [0.1, 0.15) is 12.1 Å². The quantitative estimate of drug-likeness (QED) is 0.798. The molecule has 7 nitrogen and oxygen atoms in total. The van der Waals surface area contributed by atoms with Crippen molar-refractivity contribution in [1.82, 2.24) is 19.9 Å². The minimum atomic E-state index is -0.490. The van der Waals surface area contributed by atoms with Crippen LogP contribution in [0.2, 0.25) is 0 Å². The predicted octanol–water partition coefficient (Wildman–Crippen LogP) is 1.76. The van der Waals surface area contributed by atoms with Crippen molar-refractivity contribution in [2.45, 2.75) is 51.7 Å². The molecule has 7 heteroatoms. The van der Waals surface area contributed by atoms with Crippen LogP contribution in [0.3, 0.4) is 0 Å². The summed E-state index contributed by atoms with van der Waals surface area (Å²) in [6.07, 6.45) is 3.12. The van der Waals surface area contributed by atoms with Gasteiger partial charge in [0.05, 0.1) is 5.52 Å². The Kier molecular flexibility index (Phi) is 4.78. The van der Waals surface area contributed by atoms with E-state index in [2.05, 4.69) is 10.3 Å². The van der Waals surface area contributed by atoms with Crippen LogP contribution in [0, 0.1) is 0 Å². The van der Waals surface area contributed by atoms with Crippen LogP contribution in [0.15, 0.2) is 24.3 Å². The Morgan fingerprint density at radius 1 is 1.21 bits per heavy atom. The van der Waals surface area contributed by atoms with Crippen molar-refractivity contribution in [2.24, 2.45) is 0 Å². The van der Waals surface area contributed by atoms with Crippen LogP contribution in [0.1, 0.15) is 33.1 Å². The van der Waals surface area contributed by atoms with Crippen LogP contribution >= 0.6 is 0 Å². The maximum absolute atomic E-state index is 12.4. The van der Waals surface area contributed by atoms with Crippen LogP contribution in [0.4, 0.5) is 0 Å². The average molecular weight is 330 g/mol. The van der Waals surface area contributed by atoms with Gasteiger partial charge in [-0.15, -0.1) is 5.10 Å². The summed E-state index contributed by atoms with van der Waals surface area (Å²) in [5.41, 5.74) is 1.48. The first-order valence-electron chi connectivity index (χ1n) is 8.31. The molecule has 1 aliphatic heterocycles. The molecule has 2 atom stereocenters. The van der Waals surface area contributed by atoms with Crippen LogP contribution in [-0.2, 0) is 20.9 Å². The maximum atomic E-state index is 12.4. The Balaban J connectivity index is 1.56. The van der Waals surface area contributed by atoms with Crippen molar-refractivity contribution < 1.29 is 14.3 Å². The molecule has 2 unspecified atom stereocenters. The van der Waals surface area contributed by atoms with E-state index in [0.29, 0.717) is 0 Å². The van der Waals surface area contributed by atoms with Gasteiger partial charge in [-0.05, 0) is 45.2 Å². The zero-order chi connectivity index (χ0) is 17.1. The van der Waals surface area contributed by atoms with Crippen molar-refractivity contribution in [3.05, 3.63) is 24.3 Å². The van der Waals surface area contributed by atoms with Crippen LogP contribution in [-0.4, -0.2) is 50.5 Å². The third-order valence-corrected chi connectivity index (χ3v) is 4.54. The number of esters is 1. The molecule has 0 N–H and O–H groups in total. The fourth-order valence-electron chi connectivity index (χ4n) is 3.33. The molecule has 1 amide bonds. The minimum Gasteiger partial charge on any atom is -0.454 e. The number of carbonyl (C=O) groups is 2. The average Bonchev–Trinajstić information content (AvgIpc) is 2.96. The lowest BCUT2D eigenvalue weighted by Gasteiger charge is -2.38. The van der Waals surface area contributed by atoms with Crippen LogP contribution in [0.5, 0.6) is 0 Å². The number of rotatable bonds is 4. The molecular formula is C17H22N4O3. The second-order valence-corrected chi connectivity index (χ2v) is 6.33. The van der Waals surface area contributed by atoms with E-state index in [-0.39, 0.29) is 31.1 Å². The molecule has 1 fully saturated rings. The number of nitrogens with zero attached hydrogens (tertiary/aromatic N) is 4. The van der Waals surface area contributed by atoms with Crippen LogP contribution < -0.4 is 0 Å². The minimum absolute atomic E-state index is 0.0566. The molecule has 24 heavy (non-hydrogen) atoms. The topological polar surface area (TPSA) is 77.3 Å². The summed E-state index contributed by atoms with van der Waals surface area (Å²) < 4.78 is 6.64. The van der Waals surface area contributed by atoms with E-state index in [1.807, 2.05) is 43.0 Å². The van der Waals surface area contributed by atoms with Gasteiger partial charge >= 0.3 is 5.97 Å². The number of fused-ring (bicyclic) bond motifs is 1. The number of amides is 1. The Hall–Kier alpha value is -2.44. The van der Waals surface area contributed by atoms with Crippen molar-refractivity contribution in [3.8, 4) is 0 Å². The molecular weight excluding hydrogens is 308 g/mol. The molecule has 0 radical (unpaired) electrons. The summed E-state index contributed by atoms with van der Waals surface area (Å²) in [6, 6.07) is 7.77. The summed E-state index contributed by atoms with van der Waals surface area (Å²) in [5, 5.41) is 7.94. The molecule has 0 saturated carbocycles. The lowest BCUT2D eigenvalue weighted by molar-refractivity contribution is -0.155. The third-order valence-electron chi connectivity index (χ3n) is 4.54. The smallest absolute Gasteiger partial charge is 0.328 e. The Bertz CT molecular complexity index is 732. The number of ether oxygens (including phenoxy) is 1. The number of aromatic nitrogens is 3. The molecule has 1 aliphatic rings. The monoisotopic (exact) mass is 330 g/mol. The Morgan fingerprint density at radius 2 is 1.92 bits per heavy atom. The van der Waals surface area contributed by atoms with Crippen LogP contribution in [0.25, 0.3) is 11.0 Å². The first kappa shape index (κ1) is 16.4. The lowest BCUT2D eigenvalue weighted by Crippen LogP contribution is -2.49. The fourth-order valence-corrected chi connectivity index (χ4v) is 3.33. The van der Waals surface area contributed by atoms with Crippen molar-refractivity contribution in [1.29, 1.82) is 0 Å². The Morgan fingerprint density at radius 3 is 2.67 bits per heavy atom. The number of carbonyl (C=O) groups excluding carboxylic acids is 2. The van der Waals surface area contributed by atoms with Gasteiger partial charge in [-0.25, -0.2) is 4.68 Å². The van der Waals surface area contributed by atoms with Gasteiger partial charge < -0.3 is 9.64 Å². The highest BCUT2D eigenvalue weighted by Gasteiger charge is 2.29. The first-order valence-corrected chi connectivity index (χ1v) is 8.31. The van der Waals surface area contributed by atoms with Gasteiger partial charge in [0.25, 0.3) is 5.91 Å². The highest BCUT2D eigenvalue weighted by molar-refractivity contribution is 5.82. The normalized spacial score (nSPS) is 21.0. The molecule has 3 rings (SSSR count). The zero-order valence-corrected chi connectivity index (χ0v) is 14.0. The molecule has 0 bridgehead atoms. The van der Waals surface area contributed by atoms with E-state index in [0.717, 1.165) is 30.3 Å². The number of piperidine rings is 1. The zero-order valence-electron chi connectivity index (χ0n) is 14.0. The van der Waals surface area contributed by atoms with E-state index in [4.69, 9.17) is 4.74 Å². The second kappa shape index (κ2) is 6.98. The predicted molar refractivity (Wildman–Crippen MR) is 88.1 cm³/mol. The summed E-state index contributed by atoms with van der Waals surface area (Å²) in [6.45, 7) is 3.80. The van der Waals surface area contributed by atoms with Crippen molar-refractivity contribution in [3.63, 3.8) is 0 Å². The summed E-state index contributed by atoms with van der Waals surface area (Å²) >= 11 is 0. The highest BCUT2D eigenvalue weighted by atomic mass is 16.5. The summed E-state index contributed by atoms with van der Waals surface area (Å²) in [7, 11) is 0. The van der Waals surface area contributed by atoms with Crippen molar-refractivity contribution >= 4 is 22.9 Å². The van der Waals surface area contributed by atoms with Gasteiger partial charge in [0, 0.05) is 12.1 Å². The molecule has 1 aromatic heterocycles. The molecule has 0 spiro atoms. The maximum Gasteiger partial charge on any atom is 0.328 e. The van der Waals surface area contributed by atoms with Gasteiger partial charge in [0.2, 0.25) is 0 Å². The Labute approximate surface area is 140 Å². The van der Waals surface area contributed by atoms with Gasteiger partial charge in [0.15, 0.2) is 6.61 Å². The molecule has 1 saturated heterocycles. The van der Waals surface area contributed by atoms with Gasteiger partial charge in [-0.3, -0.25) is 9.59 Å². The number of hydrogen-bond donors (Lipinski definition) is 0.